The van der Waals surface area contributed by atoms with Crippen molar-refractivity contribution in [2.75, 3.05) is 35.6 Å². The lowest BCUT2D eigenvalue weighted by Crippen LogP contribution is -2.25. The molecule has 0 radical (unpaired) electrons. The Hall–Kier alpha value is -2.83. The molecule has 0 saturated heterocycles. The van der Waals surface area contributed by atoms with Crippen LogP contribution < -0.4 is 20.7 Å². The maximum absolute atomic E-state index is 12.3. The molecule has 1 aromatic heterocycles. The van der Waals surface area contributed by atoms with E-state index in [0.29, 0.717) is 18.2 Å². The van der Waals surface area contributed by atoms with Crippen LogP contribution in [0.1, 0.15) is 31.1 Å². The Morgan fingerprint density at radius 2 is 1.88 bits per heavy atom. The molecule has 2 aromatic rings. The predicted molar refractivity (Wildman–Crippen MR) is 95.6 cm³/mol. The molecule has 0 spiro atoms. The first-order chi connectivity index (χ1) is 11.6. The van der Waals surface area contributed by atoms with E-state index in [1.54, 1.807) is 24.3 Å². The van der Waals surface area contributed by atoms with Crippen LogP contribution in [-0.2, 0) is 0 Å². The maximum atomic E-state index is 12.3. The minimum atomic E-state index is -0.345. The van der Waals surface area contributed by atoms with E-state index in [1.807, 2.05) is 25.7 Å². The van der Waals surface area contributed by atoms with Gasteiger partial charge < -0.3 is 20.7 Å². The van der Waals surface area contributed by atoms with Gasteiger partial charge in [-0.2, -0.15) is 4.98 Å². The number of nitrogen functional groups attached to an aromatic ring is 1. The van der Waals surface area contributed by atoms with Gasteiger partial charge >= 0.3 is 0 Å². The summed E-state index contributed by atoms with van der Waals surface area (Å²) >= 11 is 0. The van der Waals surface area contributed by atoms with E-state index in [1.165, 1.54) is 6.20 Å². The lowest BCUT2D eigenvalue weighted by atomic mass is 10.2. The van der Waals surface area contributed by atoms with Gasteiger partial charge in [0, 0.05) is 25.0 Å². The first-order valence-corrected chi connectivity index (χ1v) is 8.00. The van der Waals surface area contributed by atoms with E-state index in [-0.39, 0.29) is 17.3 Å². The second-order valence-corrected chi connectivity index (χ2v) is 5.05. The third-order valence-electron chi connectivity index (χ3n) is 3.52. The van der Waals surface area contributed by atoms with Crippen molar-refractivity contribution in [3.8, 4) is 5.75 Å². The monoisotopic (exact) mass is 329 g/mol. The summed E-state index contributed by atoms with van der Waals surface area (Å²) in [6, 6.07) is 7.12. The molecule has 24 heavy (non-hydrogen) atoms. The number of nitrogens with two attached hydrogens (primary N) is 1. The molecule has 0 fully saturated rings. The van der Waals surface area contributed by atoms with Crippen molar-refractivity contribution in [3.63, 3.8) is 0 Å². The summed E-state index contributed by atoms with van der Waals surface area (Å²) in [5, 5.41) is 2.78. The van der Waals surface area contributed by atoms with E-state index in [2.05, 4.69) is 15.3 Å². The van der Waals surface area contributed by atoms with Crippen LogP contribution in [0.25, 0.3) is 0 Å². The van der Waals surface area contributed by atoms with E-state index in [9.17, 15) is 4.79 Å². The van der Waals surface area contributed by atoms with Gasteiger partial charge in [-0.15, -0.1) is 0 Å². The fourth-order valence-electron chi connectivity index (χ4n) is 2.22. The average molecular weight is 329 g/mol. The number of hydrogen-bond acceptors (Lipinski definition) is 6. The number of nitrogens with one attached hydrogen (secondary N) is 1. The van der Waals surface area contributed by atoms with Gasteiger partial charge in [0.2, 0.25) is 5.95 Å². The molecule has 1 aromatic carbocycles. The van der Waals surface area contributed by atoms with Crippen LogP contribution in [-0.4, -0.2) is 35.6 Å². The quantitative estimate of drug-likeness (QED) is 0.811. The minimum Gasteiger partial charge on any atom is -0.494 e. The number of carbonyl (C=O) groups is 1. The normalized spacial score (nSPS) is 10.3. The molecule has 0 aliphatic rings. The van der Waals surface area contributed by atoms with Gasteiger partial charge in [0.05, 0.1) is 6.61 Å². The lowest BCUT2D eigenvalue weighted by molar-refractivity contribution is 0.102. The number of rotatable bonds is 7. The van der Waals surface area contributed by atoms with Crippen molar-refractivity contribution in [1.29, 1.82) is 0 Å². The third-order valence-corrected chi connectivity index (χ3v) is 3.52. The van der Waals surface area contributed by atoms with Crippen LogP contribution >= 0.6 is 0 Å². The molecule has 0 unspecified atom stereocenters. The number of anilines is 3. The smallest absolute Gasteiger partial charge is 0.260 e. The Labute approximate surface area is 141 Å². The van der Waals surface area contributed by atoms with Gasteiger partial charge in [-0.05, 0) is 45.0 Å². The van der Waals surface area contributed by atoms with Crippen molar-refractivity contribution in [1.82, 2.24) is 9.97 Å². The summed E-state index contributed by atoms with van der Waals surface area (Å²) in [5.41, 5.74) is 6.83. The summed E-state index contributed by atoms with van der Waals surface area (Å²) in [5.74, 6) is 1.09. The number of ether oxygens (including phenoxy) is 1. The Bertz CT molecular complexity index is 684. The van der Waals surface area contributed by atoms with Crippen molar-refractivity contribution < 1.29 is 9.53 Å². The molecular formula is C17H23N5O2. The van der Waals surface area contributed by atoms with Gasteiger partial charge in [-0.25, -0.2) is 4.98 Å². The molecule has 1 heterocycles. The fourth-order valence-corrected chi connectivity index (χ4v) is 2.22. The van der Waals surface area contributed by atoms with Gasteiger partial charge in [-0.3, -0.25) is 4.79 Å². The van der Waals surface area contributed by atoms with Crippen molar-refractivity contribution in [2.24, 2.45) is 0 Å². The maximum Gasteiger partial charge on any atom is 0.260 e. The Morgan fingerprint density at radius 1 is 1.21 bits per heavy atom. The van der Waals surface area contributed by atoms with E-state index in [4.69, 9.17) is 10.5 Å². The molecule has 3 N–H and O–H groups in total. The van der Waals surface area contributed by atoms with Gasteiger partial charge in [-0.1, -0.05) is 0 Å². The highest BCUT2D eigenvalue weighted by Crippen LogP contribution is 2.18. The van der Waals surface area contributed by atoms with Gasteiger partial charge in [0.25, 0.3) is 5.91 Å². The molecule has 7 heteroatoms. The highest BCUT2D eigenvalue weighted by Gasteiger charge is 2.15. The number of carbonyl (C=O) groups excluding carboxylic acids is 1. The second-order valence-electron chi connectivity index (χ2n) is 5.05. The number of nitrogens with zero attached hydrogens (tertiary/aromatic N) is 3. The number of aromatic nitrogens is 2. The van der Waals surface area contributed by atoms with Crippen molar-refractivity contribution >= 4 is 23.4 Å². The molecule has 0 aliphatic heterocycles. The standard InChI is InChI=1S/C17H23N5O2/c1-4-22(5-2)17-19-11-14(15(18)21-17)16(23)20-12-7-9-13(10-8-12)24-6-3/h7-11H,4-6H2,1-3H3,(H,20,23)(H2,18,19,21). The molecule has 1 amide bonds. The van der Waals surface area contributed by atoms with Gasteiger partial charge in [0.1, 0.15) is 17.1 Å². The zero-order valence-electron chi connectivity index (χ0n) is 14.2. The lowest BCUT2D eigenvalue weighted by Gasteiger charge is -2.19. The van der Waals surface area contributed by atoms with E-state index < -0.39 is 0 Å². The highest BCUT2D eigenvalue weighted by molar-refractivity contribution is 6.07. The van der Waals surface area contributed by atoms with Gasteiger partial charge in [0.15, 0.2) is 0 Å². The van der Waals surface area contributed by atoms with E-state index in [0.717, 1.165) is 18.8 Å². The minimum absolute atomic E-state index is 0.162. The third kappa shape index (κ3) is 4.13. The summed E-state index contributed by atoms with van der Waals surface area (Å²) in [4.78, 5) is 22.8. The van der Waals surface area contributed by atoms with Crippen LogP contribution in [0.5, 0.6) is 5.75 Å². The highest BCUT2D eigenvalue weighted by atomic mass is 16.5. The summed E-state index contributed by atoms with van der Waals surface area (Å²) in [6.45, 7) is 8.07. The molecule has 0 bridgehead atoms. The van der Waals surface area contributed by atoms with Crippen LogP contribution in [0.15, 0.2) is 30.5 Å². The molecule has 7 nitrogen and oxygen atoms in total. The largest absolute Gasteiger partial charge is 0.494 e. The molecule has 128 valence electrons. The van der Waals surface area contributed by atoms with Crippen LogP contribution in [0.4, 0.5) is 17.5 Å². The van der Waals surface area contributed by atoms with Crippen LogP contribution in [0.2, 0.25) is 0 Å². The second kappa shape index (κ2) is 8.14. The zero-order valence-corrected chi connectivity index (χ0v) is 14.2. The zero-order chi connectivity index (χ0) is 17.5. The van der Waals surface area contributed by atoms with Crippen molar-refractivity contribution in [3.05, 3.63) is 36.0 Å². The fraction of sp³-hybridized carbons (Fsp3) is 0.353. The number of benzene rings is 1. The molecule has 0 saturated carbocycles. The summed E-state index contributed by atoms with van der Waals surface area (Å²) < 4.78 is 5.37. The van der Waals surface area contributed by atoms with Crippen molar-refractivity contribution in [2.45, 2.75) is 20.8 Å². The Morgan fingerprint density at radius 3 is 2.42 bits per heavy atom. The SMILES string of the molecule is CCOc1ccc(NC(=O)c2cnc(N(CC)CC)nc2N)cc1. The summed E-state index contributed by atoms with van der Waals surface area (Å²) in [7, 11) is 0. The van der Waals surface area contributed by atoms with Crippen LogP contribution in [0, 0.1) is 0 Å². The van der Waals surface area contributed by atoms with Crippen LogP contribution in [0.3, 0.4) is 0 Å². The average Bonchev–Trinajstić information content (AvgIpc) is 2.58. The predicted octanol–water partition coefficient (Wildman–Crippen LogP) is 2.56. The molecular weight excluding hydrogens is 306 g/mol. The Kier molecular flexibility index (Phi) is 5.95. The van der Waals surface area contributed by atoms with E-state index >= 15 is 0 Å². The number of hydrogen-bond donors (Lipinski definition) is 2. The topological polar surface area (TPSA) is 93.4 Å². The molecule has 2 rings (SSSR count). The first-order valence-electron chi connectivity index (χ1n) is 8.00. The Balaban J connectivity index is 2.12. The number of amides is 1. The summed E-state index contributed by atoms with van der Waals surface area (Å²) in [6.07, 6.45) is 1.46. The molecule has 0 atom stereocenters. The first kappa shape index (κ1) is 17.5. The molecule has 0 aliphatic carbocycles.